The van der Waals surface area contributed by atoms with Crippen LogP contribution >= 0.6 is 11.6 Å². The molecule has 2 N–H and O–H groups in total. The van der Waals surface area contributed by atoms with Crippen LogP contribution in [0.1, 0.15) is 13.8 Å². The Morgan fingerprint density at radius 3 is 2.43 bits per heavy atom. The molecule has 28 heavy (non-hydrogen) atoms. The van der Waals surface area contributed by atoms with Crippen molar-refractivity contribution in [2.24, 2.45) is 0 Å². The van der Waals surface area contributed by atoms with Gasteiger partial charge < -0.3 is 24.8 Å². The van der Waals surface area contributed by atoms with Gasteiger partial charge in [0.2, 0.25) is 10.0 Å². The zero-order chi connectivity index (χ0) is 20.3. The summed E-state index contributed by atoms with van der Waals surface area (Å²) in [4.78, 5) is 12.1. The van der Waals surface area contributed by atoms with Gasteiger partial charge in [0.1, 0.15) is 13.2 Å². The number of morpholine rings is 1. The Balaban J connectivity index is 1.52. The van der Waals surface area contributed by atoms with E-state index in [0.717, 1.165) is 0 Å². The molecule has 0 bridgehead atoms. The van der Waals surface area contributed by atoms with Crippen LogP contribution in [0.2, 0.25) is 5.02 Å². The first-order valence-corrected chi connectivity index (χ1v) is 11.0. The van der Waals surface area contributed by atoms with Crippen molar-refractivity contribution in [1.82, 2.24) is 9.62 Å². The number of halogens is 1. The Morgan fingerprint density at radius 2 is 1.79 bits per heavy atom. The third-order valence-electron chi connectivity index (χ3n) is 4.31. The molecule has 0 aromatic heterocycles. The zero-order valence-corrected chi connectivity index (χ0v) is 17.3. The monoisotopic (exact) mass is 433 g/mol. The highest BCUT2D eigenvalue weighted by Gasteiger charge is 2.30. The minimum absolute atomic E-state index is 0.0313. The van der Waals surface area contributed by atoms with Gasteiger partial charge in [-0.1, -0.05) is 11.6 Å². The van der Waals surface area contributed by atoms with E-state index < -0.39 is 16.1 Å². The molecular weight excluding hydrogens is 410 g/mol. The van der Waals surface area contributed by atoms with E-state index in [9.17, 15) is 13.2 Å². The van der Waals surface area contributed by atoms with E-state index in [1.807, 2.05) is 13.8 Å². The van der Waals surface area contributed by atoms with Crippen LogP contribution in [0.5, 0.6) is 11.5 Å². The van der Waals surface area contributed by atoms with Crippen LogP contribution in [0.25, 0.3) is 0 Å². The number of hydrogen-bond donors (Lipinski definition) is 2. The van der Waals surface area contributed by atoms with Gasteiger partial charge in [-0.15, -0.1) is 0 Å². The first-order chi connectivity index (χ1) is 13.2. The fourth-order valence-electron chi connectivity index (χ4n) is 3.11. The summed E-state index contributed by atoms with van der Waals surface area (Å²) in [6.45, 7) is 5.11. The van der Waals surface area contributed by atoms with E-state index in [1.165, 1.54) is 4.31 Å². The summed E-state index contributed by atoms with van der Waals surface area (Å²) in [6.07, 6.45) is -0.320. The largest absolute Gasteiger partial charge is 0.486 e. The van der Waals surface area contributed by atoms with Crippen molar-refractivity contribution >= 4 is 33.3 Å². The number of carbonyl (C=O) groups is 1. The lowest BCUT2D eigenvalue weighted by molar-refractivity contribution is -0.0440. The van der Waals surface area contributed by atoms with Crippen LogP contribution in [0.3, 0.4) is 0 Å². The molecule has 3 rings (SSSR count). The van der Waals surface area contributed by atoms with Crippen molar-refractivity contribution in [3.05, 3.63) is 17.2 Å². The molecule has 1 fully saturated rings. The standard InChI is InChI=1S/C17H24ClN3O6S/c1-11-9-21(10-12(2)27-11)28(23,24)6-3-19-17(22)20-14-8-16-15(7-13(14)18)25-4-5-26-16/h7-8,11-12H,3-6,9-10H2,1-2H3,(H2,19,20,22). The second kappa shape index (κ2) is 8.73. The number of benzene rings is 1. The lowest BCUT2D eigenvalue weighted by atomic mass is 10.2. The molecule has 1 aromatic rings. The molecule has 0 saturated carbocycles. The topological polar surface area (TPSA) is 106 Å². The Hall–Kier alpha value is -1.75. The lowest BCUT2D eigenvalue weighted by Crippen LogP contribution is -2.49. The molecule has 2 aliphatic heterocycles. The molecule has 2 heterocycles. The van der Waals surface area contributed by atoms with Crippen molar-refractivity contribution in [2.45, 2.75) is 26.1 Å². The summed E-state index contributed by atoms with van der Waals surface area (Å²) in [5.74, 6) is 0.806. The number of sulfonamides is 1. The number of anilines is 1. The van der Waals surface area contributed by atoms with Crippen molar-refractivity contribution < 1.29 is 27.4 Å². The first-order valence-electron chi connectivity index (χ1n) is 9.02. The molecule has 11 heteroatoms. The summed E-state index contributed by atoms with van der Waals surface area (Å²) in [5.41, 5.74) is 0.349. The van der Waals surface area contributed by atoms with Gasteiger partial charge in [0.15, 0.2) is 11.5 Å². The van der Waals surface area contributed by atoms with E-state index in [2.05, 4.69) is 10.6 Å². The number of hydrogen-bond acceptors (Lipinski definition) is 6. The molecule has 1 saturated heterocycles. The molecule has 1 aromatic carbocycles. The molecular formula is C17H24ClN3O6S. The van der Waals surface area contributed by atoms with Gasteiger partial charge >= 0.3 is 6.03 Å². The minimum atomic E-state index is -3.49. The minimum Gasteiger partial charge on any atom is -0.486 e. The van der Waals surface area contributed by atoms with Gasteiger partial charge in [-0.2, -0.15) is 4.31 Å². The number of rotatable bonds is 5. The van der Waals surface area contributed by atoms with Crippen LogP contribution in [0.4, 0.5) is 10.5 Å². The fourth-order valence-corrected chi connectivity index (χ4v) is 4.80. The van der Waals surface area contributed by atoms with E-state index in [0.29, 0.717) is 48.5 Å². The van der Waals surface area contributed by atoms with Crippen molar-refractivity contribution in [2.75, 3.05) is 43.9 Å². The maximum Gasteiger partial charge on any atom is 0.319 e. The summed E-state index contributed by atoms with van der Waals surface area (Å²) >= 11 is 6.15. The van der Waals surface area contributed by atoms with Gasteiger partial charge in [-0.25, -0.2) is 13.2 Å². The predicted molar refractivity (Wildman–Crippen MR) is 105 cm³/mol. The summed E-state index contributed by atoms with van der Waals surface area (Å²) in [5, 5.41) is 5.43. The number of ether oxygens (including phenoxy) is 3. The number of nitrogens with zero attached hydrogens (tertiary/aromatic N) is 1. The molecule has 2 amide bonds. The normalized spacial score (nSPS) is 22.5. The van der Waals surface area contributed by atoms with Gasteiger partial charge in [-0.3, -0.25) is 0 Å². The van der Waals surface area contributed by atoms with E-state index in [4.69, 9.17) is 25.8 Å². The number of carbonyl (C=O) groups excluding carboxylic acids is 1. The first kappa shape index (κ1) is 21.0. The molecule has 2 aliphatic rings. The Bertz CT molecular complexity index is 824. The number of amides is 2. The van der Waals surface area contributed by atoms with Gasteiger partial charge in [-0.05, 0) is 13.8 Å². The molecule has 2 atom stereocenters. The molecule has 2 unspecified atom stereocenters. The third-order valence-corrected chi connectivity index (χ3v) is 6.42. The quantitative estimate of drug-likeness (QED) is 0.731. The number of urea groups is 1. The molecule has 0 spiro atoms. The van der Waals surface area contributed by atoms with E-state index >= 15 is 0 Å². The van der Waals surface area contributed by atoms with Gasteiger partial charge in [0.05, 0.1) is 28.7 Å². The van der Waals surface area contributed by atoms with Crippen molar-refractivity contribution in [1.29, 1.82) is 0 Å². The maximum absolute atomic E-state index is 12.5. The molecule has 9 nitrogen and oxygen atoms in total. The van der Waals surface area contributed by atoms with Crippen LogP contribution in [0.15, 0.2) is 12.1 Å². The van der Waals surface area contributed by atoms with Crippen molar-refractivity contribution in [3.8, 4) is 11.5 Å². The van der Waals surface area contributed by atoms with Crippen LogP contribution in [-0.2, 0) is 14.8 Å². The average molecular weight is 434 g/mol. The van der Waals surface area contributed by atoms with E-state index in [-0.39, 0.29) is 24.5 Å². The van der Waals surface area contributed by atoms with E-state index in [1.54, 1.807) is 12.1 Å². The third kappa shape index (κ3) is 5.19. The predicted octanol–water partition coefficient (Wildman–Crippen LogP) is 1.67. The van der Waals surface area contributed by atoms with Gasteiger partial charge in [0.25, 0.3) is 0 Å². The Kier molecular flexibility index (Phi) is 6.54. The highest BCUT2D eigenvalue weighted by Crippen LogP contribution is 2.37. The second-order valence-electron chi connectivity index (χ2n) is 6.75. The smallest absolute Gasteiger partial charge is 0.319 e. The SMILES string of the molecule is CC1CN(S(=O)(=O)CCNC(=O)Nc2cc3c(cc2Cl)OCCO3)CC(C)O1. The number of nitrogens with one attached hydrogen (secondary N) is 2. The molecule has 156 valence electrons. The van der Waals surface area contributed by atoms with Crippen LogP contribution in [0, 0.1) is 0 Å². The van der Waals surface area contributed by atoms with Crippen LogP contribution in [-0.4, -0.2) is 69.6 Å². The molecule has 0 radical (unpaired) electrons. The highest BCUT2D eigenvalue weighted by molar-refractivity contribution is 7.89. The summed E-state index contributed by atoms with van der Waals surface area (Å²) in [7, 11) is -3.49. The second-order valence-corrected chi connectivity index (χ2v) is 9.24. The summed E-state index contributed by atoms with van der Waals surface area (Å²) < 4.78 is 42.8. The van der Waals surface area contributed by atoms with Crippen molar-refractivity contribution in [3.63, 3.8) is 0 Å². The fraction of sp³-hybridized carbons (Fsp3) is 0.588. The number of fused-ring (bicyclic) bond motifs is 1. The Morgan fingerprint density at radius 1 is 1.18 bits per heavy atom. The molecule has 0 aliphatic carbocycles. The zero-order valence-electron chi connectivity index (χ0n) is 15.7. The lowest BCUT2D eigenvalue weighted by Gasteiger charge is -2.34. The summed E-state index contributed by atoms with van der Waals surface area (Å²) in [6, 6.07) is 2.58. The average Bonchev–Trinajstić information content (AvgIpc) is 2.61. The highest BCUT2D eigenvalue weighted by atomic mass is 35.5. The van der Waals surface area contributed by atoms with Gasteiger partial charge in [0, 0.05) is 31.8 Å². The van der Waals surface area contributed by atoms with Crippen LogP contribution < -0.4 is 20.1 Å². The maximum atomic E-state index is 12.5. The Labute approximate surface area is 169 Å².